The van der Waals surface area contributed by atoms with Crippen molar-refractivity contribution in [3.8, 4) is 0 Å². The molecule has 1 N–H and O–H groups in total. The van der Waals surface area contributed by atoms with E-state index < -0.39 is 0 Å². The molecule has 1 aromatic rings. The number of aryl methyl sites for hydroxylation is 1. The van der Waals surface area contributed by atoms with Crippen LogP contribution in [0, 0.1) is 6.92 Å². The Morgan fingerprint density at radius 1 is 1.57 bits per heavy atom. The predicted molar refractivity (Wildman–Crippen MR) is 63.3 cm³/mol. The second-order valence-corrected chi connectivity index (χ2v) is 4.33. The highest BCUT2D eigenvalue weighted by Crippen LogP contribution is 2.22. The number of thiol groups is 1. The molecule has 1 atom stereocenters. The van der Waals surface area contributed by atoms with E-state index in [4.69, 9.17) is 11.6 Å². The number of nitrogens with one attached hydrogen (secondary N) is 1. The highest BCUT2D eigenvalue weighted by Gasteiger charge is 2.09. The standard InChI is InChI=1S/C10H12ClNOS/c1-6-3-4-8(11)9(5-6)12-10(13)7(2)14/h3-5,7,14H,1-2H3,(H,12,13). The Morgan fingerprint density at radius 2 is 2.21 bits per heavy atom. The van der Waals surface area contributed by atoms with Crippen molar-refractivity contribution in [2.24, 2.45) is 0 Å². The molecule has 0 aliphatic rings. The van der Waals surface area contributed by atoms with E-state index in [9.17, 15) is 4.79 Å². The normalized spacial score (nSPS) is 12.3. The number of anilines is 1. The van der Waals surface area contributed by atoms with Gasteiger partial charge in [0, 0.05) is 0 Å². The topological polar surface area (TPSA) is 29.1 Å². The molecule has 1 unspecified atom stereocenters. The fraction of sp³-hybridized carbons (Fsp3) is 0.300. The summed E-state index contributed by atoms with van der Waals surface area (Å²) in [5.74, 6) is -0.152. The molecule has 0 spiro atoms. The average molecular weight is 230 g/mol. The molecule has 0 aliphatic heterocycles. The van der Waals surface area contributed by atoms with Gasteiger partial charge in [-0.05, 0) is 31.5 Å². The van der Waals surface area contributed by atoms with E-state index in [2.05, 4.69) is 17.9 Å². The summed E-state index contributed by atoms with van der Waals surface area (Å²) >= 11 is 9.93. The fourth-order valence-electron chi connectivity index (χ4n) is 0.972. The maximum Gasteiger partial charge on any atom is 0.236 e. The van der Waals surface area contributed by atoms with Crippen LogP contribution in [0.5, 0.6) is 0 Å². The lowest BCUT2D eigenvalue weighted by molar-refractivity contribution is -0.115. The van der Waals surface area contributed by atoms with Gasteiger partial charge < -0.3 is 5.32 Å². The van der Waals surface area contributed by atoms with Crippen LogP contribution in [0.4, 0.5) is 5.69 Å². The fourth-order valence-corrected chi connectivity index (χ4v) is 1.20. The van der Waals surface area contributed by atoms with Gasteiger partial charge in [0.2, 0.25) is 5.91 Å². The van der Waals surface area contributed by atoms with Gasteiger partial charge in [0.25, 0.3) is 0 Å². The zero-order chi connectivity index (χ0) is 10.7. The Kier molecular flexibility index (Phi) is 3.84. The van der Waals surface area contributed by atoms with Crippen LogP contribution in [0.3, 0.4) is 0 Å². The molecule has 0 saturated carbocycles. The second-order valence-electron chi connectivity index (χ2n) is 3.15. The predicted octanol–water partition coefficient (Wildman–Crippen LogP) is 2.91. The van der Waals surface area contributed by atoms with Crippen molar-refractivity contribution >= 4 is 35.8 Å². The molecule has 14 heavy (non-hydrogen) atoms. The smallest absolute Gasteiger partial charge is 0.236 e. The number of carbonyl (C=O) groups excluding carboxylic acids is 1. The number of benzene rings is 1. The molecule has 1 rings (SSSR count). The number of carbonyl (C=O) groups is 1. The molecule has 0 radical (unpaired) electrons. The van der Waals surface area contributed by atoms with Gasteiger partial charge in [0.15, 0.2) is 0 Å². The highest BCUT2D eigenvalue weighted by molar-refractivity contribution is 7.81. The lowest BCUT2D eigenvalue weighted by Gasteiger charge is -2.09. The number of halogens is 1. The first kappa shape index (κ1) is 11.4. The van der Waals surface area contributed by atoms with Crippen molar-refractivity contribution in [2.45, 2.75) is 19.1 Å². The number of hydrogen-bond donors (Lipinski definition) is 2. The van der Waals surface area contributed by atoms with Crippen LogP contribution < -0.4 is 5.32 Å². The van der Waals surface area contributed by atoms with E-state index in [1.165, 1.54) is 0 Å². The monoisotopic (exact) mass is 229 g/mol. The number of rotatable bonds is 2. The first-order valence-corrected chi connectivity index (χ1v) is 5.15. The minimum Gasteiger partial charge on any atom is -0.324 e. The van der Waals surface area contributed by atoms with Crippen LogP contribution in [0.2, 0.25) is 5.02 Å². The van der Waals surface area contributed by atoms with Gasteiger partial charge in [-0.1, -0.05) is 17.7 Å². The molecule has 0 heterocycles. The molecule has 0 saturated heterocycles. The Morgan fingerprint density at radius 3 is 2.79 bits per heavy atom. The van der Waals surface area contributed by atoms with Crippen molar-refractivity contribution in [3.63, 3.8) is 0 Å². The summed E-state index contributed by atoms with van der Waals surface area (Å²) in [4.78, 5) is 11.3. The Balaban J connectivity index is 2.86. The van der Waals surface area contributed by atoms with E-state index in [0.29, 0.717) is 10.7 Å². The van der Waals surface area contributed by atoms with Crippen LogP contribution in [0.1, 0.15) is 12.5 Å². The summed E-state index contributed by atoms with van der Waals surface area (Å²) in [5, 5.41) is 2.90. The van der Waals surface area contributed by atoms with E-state index in [1.54, 1.807) is 13.0 Å². The average Bonchev–Trinajstić information content (AvgIpc) is 2.11. The van der Waals surface area contributed by atoms with Crippen LogP contribution in [0.25, 0.3) is 0 Å². The zero-order valence-corrected chi connectivity index (χ0v) is 9.69. The summed E-state index contributed by atoms with van der Waals surface area (Å²) in [6.45, 7) is 3.65. The summed E-state index contributed by atoms with van der Waals surface area (Å²) < 4.78 is 0. The highest BCUT2D eigenvalue weighted by atomic mass is 35.5. The Labute approximate surface area is 94.1 Å². The molecule has 1 amide bonds. The number of hydrogen-bond acceptors (Lipinski definition) is 2. The van der Waals surface area contributed by atoms with E-state index in [0.717, 1.165) is 5.56 Å². The van der Waals surface area contributed by atoms with Crippen LogP contribution in [0.15, 0.2) is 18.2 Å². The minimum absolute atomic E-state index is 0.152. The lowest BCUT2D eigenvalue weighted by atomic mass is 10.2. The zero-order valence-electron chi connectivity index (χ0n) is 8.04. The summed E-state index contributed by atoms with van der Waals surface area (Å²) in [5.41, 5.74) is 1.69. The van der Waals surface area contributed by atoms with Gasteiger partial charge in [-0.3, -0.25) is 4.79 Å². The molecule has 0 aliphatic carbocycles. The summed E-state index contributed by atoms with van der Waals surface area (Å²) in [7, 11) is 0. The van der Waals surface area contributed by atoms with Crippen molar-refractivity contribution in [1.82, 2.24) is 0 Å². The Hall–Kier alpha value is -0.670. The summed E-state index contributed by atoms with van der Waals surface area (Å²) in [6.07, 6.45) is 0. The molecule has 0 fully saturated rings. The van der Waals surface area contributed by atoms with Gasteiger partial charge in [0.05, 0.1) is 16.0 Å². The first-order valence-electron chi connectivity index (χ1n) is 4.26. The van der Waals surface area contributed by atoms with Gasteiger partial charge in [-0.25, -0.2) is 0 Å². The summed E-state index contributed by atoms with van der Waals surface area (Å²) in [6, 6.07) is 5.48. The van der Waals surface area contributed by atoms with Crippen LogP contribution in [-0.4, -0.2) is 11.2 Å². The van der Waals surface area contributed by atoms with Gasteiger partial charge in [-0.15, -0.1) is 0 Å². The van der Waals surface area contributed by atoms with Crippen LogP contribution >= 0.6 is 24.2 Å². The van der Waals surface area contributed by atoms with Gasteiger partial charge >= 0.3 is 0 Å². The minimum atomic E-state index is -0.341. The molecule has 0 aromatic heterocycles. The Bertz CT molecular complexity index is 352. The van der Waals surface area contributed by atoms with Gasteiger partial charge in [-0.2, -0.15) is 12.6 Å². The maximum absolute atomic E-state index is 11.3. The number of amides is 1. The lowest BCUT2D eigenvalue weighted by Crippen LogP contribution is -2.20. The van der Waals surface area contributed by atoms with Crippen molar-refractivity contribution in [2.75, 3.05) is 5.32 Å². The first-order chi connectivity index (χ1) is 6.50. The third-order valence-electron chi connectivity index (χ3n) is 1.76. The largest absolute Gasteiger partial charge is 0.324 e. The van der Waals surface area contributed by atoms with Gasteiger partial charge in [0.1, 0.15) is 0 Å². The van der Waals surface area contributed by atoms with Crippen molar-refractivity contribution < 1.29 is 4.79 Å². The molecule has 1 aromatic carbocycles. The second kappa shape index (κ2) is 4.71. The molecule has 0 bridgehead atoms. The third-order valence-corrected chi connectivity index (χ3v) is 2.32. The molecular weight excluding hydrogens is 218 g/mol. The van der Waals surface area contributed by atoms with E-state index in [1.807, 2.05) is 19.1 Å². The van der Waals surface area contributed by atoms with E-state index >= 15 is 0 Å². The maximum atomic E-state index is 11.3. The molecule has 2 nitrogen and oxygen atoms in total. The van der Waals surface area contributed by atoms with Crippen LogP contribution in [-0.2, 0) is 4.79 Å². The van der Waals surface area contributed by atoms with Crippen molar-refractivity contribution in [1.29, 1.82) is 0 Å². The SMILES string of the molecule is Cc1ccc(Cl)c(NC(=O)C(C)S)c1. The third kappa shape index (κ3) is 2.93. The quantitative estimate of drug-likeness (QED) is 0.751. The molecule has 76 valence electrons. The molecule has 4 heteroatoms. The molecular formula is C10H12ClNOS. The van der Waals surface area contributed by atoms with E-state index in [-0.39, 0.29) is 11.2 Å². The van der Waals surface area contributed by atoms with Crippen molar-refractivity contribution in [3.05, 3.63) is 28.8 Å².